The Morgan fingerprint density at radius 1 is 1.19 bits per heavy atom. The first-order valence-corrected chi connectivity index (χ1v) is 12.0. The van der Waals surface area contributed by atoms with Crippen LogP contribution in [0.1, 0.15) is 65.2 Å². The average molecular weight is 497 g/mol. The molecular formula is C19H36IN3O2S. The molecule has 1 N–H and O–H groups in total. The molecule has 0 amide bonds. The molecule has 1 saturated carbocycles. The van der Waals surface area contributed by atoms with Gasteiger partial charge >= 0.3 is 0 Å². The van der Waals surface area contributed by atoms with E-state index < -0.39 is 9.84 Å². The van der Waals surface area contributed by atoms with Crippen molar-refractivity contribution >= 4 is 39.8 Å². The number of nitrogens with one attached hydrogen (secondary N) is 1. The van der Waals surface area contributed by atoms with Crippen molar-refractivity contribution in [2.24, 2.45) is 16.3 Å². The molecule has 5 nitrogen and oxygen atoms in total. The first-order valence-electron chi connectivity index (χ1n) is 10.2. The Morgan fingerprint density at radius 2 is 1.88 bits per heavy atom. The van der Waals surface area contributed by atoms with Gasteiger partial charge in [-0.2, -0.15) is 0 Å². The van der Waals surface area contributed by atoms with Crippen molar-refractivity contribution in [1.82, 2.24) is 10.2 Å². The standard InChI is InChI=1S/C19H35N3O2S.HI/c1-3-19(4-2)10-11-22(15-19)18(21-17-7-5-6-8-17)20-13-16-9-12-25(23,24)14-16;/h16-17H,3-15H2,1-2H3,(H,20,21);1H. The van der Waals surface area contributed by atoms with Crippen LogP contribution in [0, 0.1) is 11.3 Å². The summed E-state index contributed by atoms with van der Waals surface area (Å²) in [6.07, 6.45) is 9.53. The molecule has 0 spiro atoms. The minimum absolute atomic E-state index is 0. The summed E-state index contributed by atoms with van der Waals surface area (Å²) in [4.78, 5) is 7.36. The van der Waals surface area contributed by atoms with E-state index in [2.05, 4.69) is 24.1 Å². The van der Waals surface area contributed by atoms with E-state index in [0.717, 1.165) is 25.5 Å². The van der Waals surface area contributed by atoms with E-state index in [4.69, 9.17) is 4.99 Å². The van der Waals surface area contributed by atoms with Gasteiger partial charge in [0.05, 0.1) is 11.5 Å². The topological polar surface area (TPSA) is 61.8 Å². The normalized spacial score (nSPS) is 28.3. The fraction of sp³-hybridized carbons (Fsp3) is 0.947. The molecule has 3 aliphatic rings. The Balaban J connectivity index is 0.00000243. The predicted octanol–water partition coefficient (Wildman–Crippen LogP) is 3.44. The zero-order chi connectivity index (χ0) is 17.9. The number of sulfone groups is 1. The quantitative estimate of drug-likeness (QED) is 0.359. The smallest absolute Gasteiger partial charge is 0.194 e. The van der Waals surface area contributed by atoms with Crippen LogP contribution in [0.5, 0.6) is 0 Å². The number of halogens is 1. The van der Waals surface area contributed by atoms with Crippen LogP contribution >= 0.6 is 24.0 Å². The number of rotatable bonds is 5. The number of hydrogen-bond acceptors (Lipinski definition) is 3. The molecule has 3 fully saturated rings. The lowest BCUT2D eigenvalue weighted by Gasteiger charge is -2.29. The van der Waals surface area contributed by atoms with E-state index in [0.29, 0.717) is 29.5 Å². The monoisotopic (exact) mass is 497 g/mol. The molecule has 0 bridgehead atoms. The lowest BCUT2D eigenvalue weighted by Crippen LogP contribution is -2.45. The van der Waals surface area contributed by atoms with Gasteiger partial charge in [-0.05, 0) is 49.9 Å². The van der Waals surface area contributed by atoms with E-state index in [1.807, 2.05) is 0 Å². The van der Waals surface area contributed by atoms with Gasteiger partial charge in [-0.15, -0.1) is 24.0 Å². The highest BCUT2D eigenvalue weighted by molar-refractivity contribution is 14.0. The fourth-order valence-corrected chi connectivity index (χ4v) is 6.51. The fourth-order valence-electron chi connectivity index (χ4n) is 4.66. The first kappa shape index (κ1) is 22.2. The van der Waals surface area contributed by atoms with Gasteiger partial charge in [-0.25, -0.2) is 8.42 Å². The molecule has 2 saturated heterocycles. The van der Waals surface area contributed by atoms with E-state index in [9.17, 15) is 8.42 Å². The highest BCUT2D eigenvalue weighted by Crippen LogP contribution is 2.37. The molecule has 152 valence electrons. The Hall–Kier alpha value is -0.0500. The zero-order valence-corrected chi connectivity index (χ0v) is 19.5. The van der Waals surface area contributed by atoms with Gasteiger partial charge < -0.3 is 10.2 Å². The van der Waals surface area contributed by atoms with Gasteiger partial charge in [0.15, 0.2) is 15.8 Å². The molecular weight excluding hydrogens is 461 g/mol. The molecule has 1 aliphatic carbocycles. The number of likely N-dealkylation sites (tertiary alicyclic amines) is 1. The average Bonchev–Trinajstić information content (AvgIpc) is 3.31. The van der Waals surface area contributed by atoms with Crippen LogP contribution in [-0.4, -0.2) is 56.5 Å². The van der Waals surface area contributed by atoms with E-state index in [-0.39, 0.29) is 29.9 Å². The summed E-state index contributed by atoms with van der Waals surface area (Å²) in [5.41, 5.74) is 0.425. The molecule has 0 aromatic rings. The van der Waals surface area contributed by atoms with Gasteiger partial charge in [-0.1, -0.05) is 26.7 Å². The molecule has 7 heteroatoms. The Kier molecular flexibility index (Phi) is 8.07. The third-order valence-electron chi connectivity index (χ3n) is 6.75. The van der Waals surface area contributed by atoms with E-state index in [1.165, 1.54) is 44.9 Å². The van der Waals surface area contributed by atoms with E-state index >= 15 is 0 Å². The summed E-state index contributed by atoms with van der Waals surface area (Å²) < 4.78 is 23.4. The maximum atomic E-state index is 11.7. The lowest BCUT2D eigenvalue weighted by atomic mass is 9.82. The summed E-state index contributed by atoms with van der Waals surface area (Å²) in [6.45, 7) is 7.41. The minimum Gasteiger partial charge on any atom is -0.354 e. The van der Waals surface area contributed by atoms with Crippen LogP contribution in [0.25, 0.3) is 0 Å². The lowest BCUT2D eigenvalue weighted by molar-refractivity contribution is 0.275. The van der Waals surface area contributed by atoms with Gasteiger partial charge in [0.25, 0.3) is 0 Å². The number of aliphatic imine (C=N–C) groups is 1. The summed E-state index contributed by atoms with van der Waals surface area (Å²) in [5.74, 6) is 1.91. The second-order valence-corrected chi connectivity index (χ2v) is 10.7. The van der Waals surface area contributed by atoms with Gasteiger partial charge in [0.2, 0.25) is 0 Å². The Labute approximate surface area is 176 Å². The predicted molar refractivity (Wildman–Crippen MR) is 119 cm³/mol. The number of hydrogen-bond donors (Lipinski definition) is 1. The maximum absolute atomic E-state index is 11.7. The van der Waals surface area contributed by atoms with Crippen LogP contribution in [0.3, 0.4) is 0 Å². The molecule has 0 radical (unpaired) electrons. The molecule has 0 aromatic heterocycles. The molecule has 1 atom stereocenters. The van der Waals surface area contributed by atoms with Crippen LogP contribution in [0.4, 0.5) is 0 Å². The summed E-state index contributed by atoms with van der Waals surface area (Å²) >= 11 is 0. The SMILES string of the molecule is CCC1(CC)CCN(C(=NCC2CCS(=O)(=O)C2)NC2CCCC2)C1.I. The summed E-state index contributed by atoms with van der Waals surface area (Å²) in [6, 6.07) is 0.546. The largest absolute Gasteiger partial charge is 0.354 e. The molecule has 2 aliphatic heterocycles. The highest BCUT2D eigenvalue weighted by atomic mass is 127. The van der Waals surface area contributed by atoms with E-state index in [1.54, 1.807) is 0 Å². The summed E-state index contributed by atoms with van der Waals surface area (Å²) in [5, 5.41) is 3.72. The van der Waals surface area contributed by atoms with Gasteiger partial charge in [0, 0.05) is 25.7 Å². The van der Waals surface area contributed by atoms with Crippen LogP contribution in [0.15, 0.2) is 4.99 Å². The van der Waals surface area contributed by atoms with Gasteiger partial charge in [0.1, 0.15) is 0 Å². The Bertz CT molecular complexity index is 584. The maximum Gasteiger partial charge on any atom is 0.194 e. The highest BCUT2D eigenvalue weighted by Gasteiger charge is 2.37. The second kappa shape index (κ2) is 9.43. The number of nitrogens with zero attached hydrogens (tertiary/aromatic N) is 2. The molecule has 0 aromatic carbocycles. The van der Waals surface area contributed by atoms with Crippen molar-refractivity contribution in [3.8, 4) is 0 Å². The zero-order valence-electron chi connectivity index (χ0n) is 16.4. The summed E-state index contributed by atoms with van der Waals surface area (Å²) in [7, 11) is -2.81. The van der Waals surface area contributed by atoms with Crippen LogP contribution < -0.4 is 5.32 Å². The van der Waals surface area contributed by atoms with Crippen molar-refractivity contribution < 1.29 is 8.42 Å². The number of guanidine groups is 1. The van der Waals surface area contributed by atoms with Crippen molar-refractivity contribution in [3.63, 3.8) is 0 Å². The second-order valence-electron chi connectivity index (χ2n) is 8.44. The van der Waals surface area contributed by atoms with Gasteiger partial charge in [-0.3, -0.25) is 4.99 Å². The van der Waals surface area contributed by atoms with Crippen molar-refractivity contribution in [1.29, 1.82) is 0 Å². The third kappa shape index (κ3) is 5.49. The minimum atomic E-state index is -2.81. The van der Waals surface area contributed by atoms with Crippen LogP contribution in [0.2, 0.25) is 0 Å². The van der Waals surface area contributed by atoms with Crippen molar-refractivity contribution in [3.05, 3.63) is 0 Å². The first-order chi connectivity index (χ1) is 12.0. The molecule has 2 heterocycles. The third-order valence-corrected chi connectivity index (χ3v) is 8.59. The van der Waals surface area contributed by atoms with Crippen LogP contribution in [-0.2, 0) is 9.84 Å². The molecule has 1 unspecified atom stereocenters. The van der Waals surface area contributed by atoms with Crippen molar-refractivity contribution in [2.45, 2.75) is 71.3 Å². The molecule has 26 heavy (non-hydrogen) atoms. The Morgan fingerprint density at radius 3 is 2.42 bits per heavy atom. The van der Waals surface area contributed by atoms with Crippen molar-refractivity contribution in [2.75, 3.05) is 31.1 Å². The molecule has 3 rings (SSSR count).